The smallest absolute Gasteiger partial charge is 0.155 e. The van der Waals surface area contributed by atoms with Crippen LogP contribution in [-0.2, 0) is 0 Å². The molecular weight excluding hydrogens is 286 g/mol. The van der Waals surface area contributed by atoms with E-state index in [1.807, 2.05) is 0 Å². The third kappa shape index (κ3) is 4.58. The molecule has 0 aliphatic heterocycles. The van der Waals surface area contributed by atoms with Crippen LogP contribution in [0.25, 0.3) is 0 Å². The van der Waals surface area contributed by atoms with Gasteiger partial charge in [-0.1, -0.05) is 52.1 Å². The fourth-order valence-corrected chi connectivity index (χ4v) is 8.23. The maximum atomic E-state index is 4.06. The maximum absolute atomic E-state index is 4.06. The van der Waals surface area contributed by atoms with Gasteiger partial charge in [0.15, 0.2) is 8.24 Å². The van der Waals surface area contributed by atoms with Crippen molar-refractivity contribution >= 4 is 22.0 Å². The van der Waals surface area contributed by atoms with E-state index in [-0.39, 0.29) is 0 Å². The van der Waals surface area contributed by atoms with Crippen LogP contribution >= 0.6 is 0 Å². The van der Waals surface area contributed by atoms with Crippen LogP contribution in [0.1, 0.15) is 20.8 Å². The van der Waals surface area contributed by atoms with Gasteiger partial charge in [0.25, 0.3) is 0 Å². The molecule has 0 unspecified atom stereocenters. The van der Waals surface area contributed by atoms with Crippen LogP contribution in [0.2, 0.25) is 37.3 Å². The van der Waals surface area contributed by atoms with E-state index in [1.165, 1.54) is 36.4 Å². The van der Waals surface area contributed by atoms with E-state index >= 15 is 0 Å². The molecule has 0 spiro atoms. The molecule has 3 heteroatoms. The fourth-order valence-electron chi connectivity index (χ4n) is 3.07. The molecule has 0 fully saturated rings. The summed E-state index contributed by atoms with van der Waals surface area (Å²) in [6.45, 7) is 17.3. The van der Waals surface area contributed by atoms with E-state index in [0.717, 1.165) is 0 Å². The van der Waals surface area contributed by atoms with Crippen LogP contribution in [0.15, 0.2) is 42.6 Å². The highest BCUT2D eigenvalue weighted by molar-refractivity contribution is 6.84. The molecule has 0 saturated heterocycles. The first-order valence-corrected chi connectivity index (χ1v) is 14.3. The first-order chi connectivity index (χ1) is 9.94. The lowest BCUT2D eigenvalue weighted by atomic mass is 10.3. The predicted molar refractivity (Wildman–Crippen MR) is 103 cm³/mol. The van der Waals surface area contributed by atoms with Crippen molar-refractivity contribution in [1.29, 1.82) is 0 Å². The molecule has 118 valence electrons. The van der Waals surface area contributed by atoms with Crippen LogP contribution in [-0.4, -0.2) is 22.9 Å². The third-order valence-corrected chi connectivity index (χ3v) is 13.3. The van der Waals surface area contributed by atoms with Gasteiger partial charge in [0.05, 0.1) is 8.07 Å². The van der Waals surface area contributed by atoms with Gasteiger partial charge >= 0.3 is 0 Å². The van der Waals surface area contributed by atoms with Gasteiger partial charge in [0.2, 0.25) is 0 Å². The number of hydrogen-bond acceptors (Lipinski definition) is 1. The van der Waals surface area contributed by atoms with Gasteiger partial charge in [0, 0.05) is 12.2 Å². The summed E-state index contributed by atoms with van der Waals surface area (Å²) >= 11 is 0. The van der Waals surface area contributed by atoms with Gasteiger partial charge in [-0.3, -0.25) is 0 Å². The summed E-state index contributed by atoms with van der Waals surface area (Å²) < 4.78 is 2.81. The Morgan fingerprint density at radius 3 is 1.95 bits per heavy atom. The van der Waals surface area contributed by atoms with E-state index in [9.17, 15) is 0 Å². The minimum Gasteiger partial charge on any atom is -0.397 e. The molecule has 0 aliphatic carbocycles. The van der Waals surface area contributed by atoms with E-state index in [0.29, 0.717) is 0 Å². The van der Waals surface area contributed by atoms with E-state index < -0.39 is 16.3 Å². The Balaban J connectivity index is 3.09. The molecule has 0 amide bonds. The summed E-state index contributed by atoms with van der Waals surface area (Å²) in [7, 11) is -2.62. The van der Waals surface area contributed by atoms with Gasteiger partial charge in [-0.05, 0) is 36.3 Å². The van der Waals surface area contributed by atoms with Gasteiger partial charge < -0.3 is 4.57 Å². The number of benzene rings is 1. The minimum atomic E-state index is -1.38. The standard InChI is InChI=1S/C18H33NSi2/c1-7-20(5,6)17-16-19(18-14-12-11-13-15-18)21(8-2,9-3)10-4/h7,11-15H,1,8-10,16-17H2,2-6H3. The molecule has 0 N–H and O–H groups in total. The summed E-state index contributed by atoms with van der Waals surface area (Å²) in [5, 5.41) is 0. The molecule has 0 aliphatic rings. The van der Waals surface area contributed by atoms with Crippen molar-refractivity contribution in [2.45, 2.75) is 58.0 Å². The number of para-hydroxylation sites is 1. The van der Waals surface area contributed by atoms with Crippen molar-refractivity contribution in [2.75, 3.05) is 11.1 Å². The second-order valence-electron chi connectivity index (χ2n) is 6.71. The second-order valence-corrected chi connectivity index (χ2v) is 16.7. The Morgan fingerprint density at radius 1 is 1.00 bits per heavy atom. The van der Waals surface area contributed by atoms with E-state index in [2.05, 4.69) is 81.0 Å². The third-order valence-electron chi connectivity index (χ3n) is 5.15. The van der Waals surface area contributed by atoms with Crippen LogP contribution in [0.5, 0.6) is 0 Å². The van der Waals surface area contributed by atoms with Crippen LogP contribution in [0.4, 0.5) is 5.69 Å². The Hall–Kier alpha value is -0.806. The van der Waals surface area contributed by atoms with Crippen molar-refractivity contribution in [2.24, 2.45) is 0 Å². The summed E-state index contributed by atoms with van der Waals surface area (Å²) in [4.78, 5) is 0. The lowest BCUT2D eigenvalue weighted by Crippen LogP contribution is -2.54. The monoisotopic (exact) mass is 319 g/mol. The number of hydrogen-bond donors (Lipinski definition) is 0. The molecule has 1 nitrogen and oxygen atoms in total. The van der Waals surface area contributed by atoms with Crippen LogP contribution in [0.3, 0.4) is 0 Å². The zero-order chi connectivity index (χ0) is 15.9. The molecular formula is C18H33NSi2. The van der Waals surface area contributed by atoms with Crippen molar-refractivity contribution < 1.29 is 0 Å². The average Bonchev–Trinajstić information content (AvgIpc) is 2.52. The maximum Gasteiger partial charge on any atom is 0.155 e. The van der Waals surface area contributed by atoms with Gasteiger partial charge in [-0.15, -0.1) is 12.3 Å². The summed E-state index contributed by atoms with van der Waals surface area (Å²) in [5.74, 6) is 0. The highest BCUT2D eigenvalue weighted by atomic mass is 28.3. The van der Waals surface area contributed by atoms with Gasteiger partial charge in [0.1, 0.15) is 0 Å². The normalized spacial score (nSPS) is 12.2. The van der Waals surface area contributed by atoms with Crippen LogP contribution in [0, 0.1) is 0 Å². The topological polar surface area (TPSA) is 3.24 Å². The van der Waals surface area contributed by atoms with Crippen molar-refractivity contribution in [3.8, 4) is 0 Å². The SMILES string of the molecule is C=C[Si](C)(C)CCN(c1ccccc1)[Si](CC)(CC)CC. The number of nitrogens with zero attached hydrogens (tertiary/aromatic N) is 1. The fraction of sp³-hybridized carbons (Fsp3) is 0.556. The molecule has 21 heavy (non-hydrogen) atoms. The molecule has 0 saturated carbocycles. The van der Waals surface area contributed by atoms with Gasteiger partial charge in [-0.25, -0.2) is 0 Å². The highest BCUT2D eigenvalue weighted by Crippen LogP contribution is 2.31. The molecule has 1 rings (SSSR count). The molecule has 0 atom stereocenters. The molecule has 0 heterocycles. The first kappa shape index (κ1) is 18.2. The second kappa shape index (κ2) is 7.99. The zero-order valence-electron chi connectivity index (χ0n) is 14.7. The summed E-state index contributed by atoms with van der Waals surface area (Å²) in [5.41, 5.74) is 3.67. The average molecular weight is 320 g/mol. The Kier molecular flexibility index (Phi) is 6.94. The Labute approximate surface area is 134 Å². The minimum absolute atomic E-state index is 1.21. The highest BCUT2D eigenvalue weighted by Gasteiger charge is 2.35. The Morgan fingerprint density at radius 2 is 1.52 bits per heavy atom. The number of rotatable bonds is 9. The lowest BCUT2D eigenvalue weighted by molar-refractivity contribution is 0.972. The Bertz CT molecular complexity index is 416. The zero-order valence-corrected chi connectivity index (χ0v) is 16.7. The first-order valence-electron chi connectivity index (χ1n) is 8.41. The van der Waals surface area contributed by atoms with Crippen molar-refractivity contribution in [1.82, 2.24) is 0 Å². The van der Waals surface area contributed by atoms with Crippen molar-refractivity contribution in [3.05, 3.63) is 42.6 Å². The summed E-state index contributed by atoms with van der Waals surface area (Å²) in [6.07, 6.45) is 0. The lowest BCUT2D eigenvalue weighted by Gasteiger charge is -2.44. The van der Waals surface area contributed by atoms with Crippen LogP contribution < -0.4 is 4.57 Å². The quantitative estimate of drug-likeness (QED) is 0.510. The number of anilines is 1. The van der Waals surface area contributed by atoms with E-state index in [1.54, 1.807) is 0 Å². The molecule has 0 bridgehead atoms. The molecule has 0 aromatic heterocycles. The molecule has 0 radical (unpaired) electrons. The summed E-state index contributed by atoms with van der Waals surface area (Å²) in [6, 6.07) is 16.4. The van der Waals surface area contributed by atoms with Gasteiger partial charge in [-0.2, -0.15) is 0 Å². The van der Waals surface area contributed by atoms with E-state index in [4.69, 9.17) is 0 Å². The largest absolute Gasteiger partial charge is 0.397 e. The van der Waals surface area contributed by atoms with Crippen molar-refractivity contribution in [3.63, 3.8) is 0 Å². The predicted octanol–water partition coefficient (Wildman–Crippen LogP) is 5.93. The molecule has 1 aromatic rings. The molecule has 1 aromatic carbocycles.